The lowest BCUT2D eigenvalue weighted by molar-refractivity contribution is 0.0480. The molecular weight excluding hydrogens is 226 g/mol. The van der Waals surface area contributed by atoms with E-state index in [0.717, 1.165) is 38.5 Å². The molecule has 5 heteroatoms. The Morgan fingerprint density at radius 3 is 2.50 bits per heavy atom. The lowest BCUT2D eigenvalue weighted by Gasteiger charge is -2.23. The van der Waals surface area contributed by atoms with E-state index >= 15 is 0 Å². The monoisotopic (exact) mass is 247 g/mol. The first-order valence-corrected chi connectivity index (χ1v) is 7.88. The van der Waals surface area contributed by atoms with Crippen molar-refractivity contribution in [2.75, 3.05) is 18.8 Å². The molecule has 0 radical (unpaired) electrons. The van der Waals surface area contributed by atoms with Crippen LogP contribution in [0.2, 0.25) is 0 Å². The van der Waals surface area contributed by atoms with Crippen LogP contribution in [0.3, 0.4) is 0 Å². The fourth-order valence-corrected chi connectivity index (χ4v) is 4.56. The van der Waals surface area contributed by atoms with E-state index < -0.39 is 15.4 Å². The topological polar surface area (TPSA) is 66.4 Å². The summed E-state index contributed by atoms with van der Waals surface area (Å²) in [5, 5.41) is 13.0. The third-order valence-electron chi connectivity index (χ3n) is 3.82. The molecule has 1 atom stereocenters. The quantitative estimate of drug-likeness (QED) is 0.757. The lowest BCUT2D eigenvalue weighted by atomic mass is 10.0. The molecule has 2 rings (SSSR count). The first kappa shape index (κ1) is 12.3. The molecule has 1 heterocycles. The summed E-state index contributed by atoms with van der Waals surface area (Å²) in [5.41, 5.74) is -0.581. The fraction of sp³-hybridized carbons (Fsp3) is 1.00. The highest BCUT2D eigenvalue weighted by Crippen LogP contribution is 2.28. The number of nitrogens with one attached hydrogen (secondary N) is 1. The zero-order valence-electron chi connectivity index (χ0n) is 9.61. The molecule has 0 spiro atoms. The molecule has 94 valence electrons. The highest BCUT2D eigenvalue weighted by molar-refractivity contribution is 7.92. The Morgan fingerprint density at radius 2 is 1.94 bits per heavy atom. The molecule has 2 aliphatic rings. The first-order chi connectivity index (χ1) is 7.52. The molecule has 0 aromatic rings. The van der Waals surface area contributed by atoms with Gasteiger partial charge >= 0.3 is 0 Å². The van der Waals surface area contributed by atoms with Gasteiger partial charge in [-0.15, -0.1) is 0 Å². The molecule has 16 heavy (non-hydrogen) atoms. The van der Waals surface area contributed by atoms with Crippen LogP contribution in [0.25, 0.3) is 0 Å². The number of aliphatic hydroxyl groups is 1. The molecule has 1 unspecified atom stereocenters. The molecule has 0 amide bonds. The average molecular weight is 247 g/mol. The van der Waals surface area contributed by atoms with E-state index in [1.165, 1.54) is 0 Å². The van der Waals surface area contributed by atoms with E-state index in [9.17, 15) is 13.5 Å². The van der Waals surface area contributed by atoms with Gasteiger partial charge in [-0.3, -0.25) is 0 Å². The number of hydrogen-bond donors (Lipinski definition) is 2. The summed E-state index contributed by atoms with van der Waals surface area (Å²) in [6, 6.07) is 0. The molecule has 2 N–H and O–H groups in total. The standard InChI is InChI=1S/C11H21NO3S/c13-11(5-1-2-6-11)9-12-8-10-4-3-7-16(10,14)15/h10,12-13H,1-9H2. The van der Waals surface area contributed by atoms with Crippen molar-refractivity contribution < 1.29 is 13.5 Å². The van der Waals surface area contributed by atoms with E-state index in [1.54, 1.807) is 0 Å². The third kappa shape index (κ3) is 2.76. The zero-order chi connectivity index (χ0) is 11.6. The summed E-state index contributed by atoms with van der Waals surface area (Å²) in [4.78, 5) is 0. The van der Waals surface area contributed by atoms with Crippen LogP contribution in [-0.4, -0.2) is 43.2 Å². The summed E-state index contributed by atoms with van der Waals surface area (Å²) < 4.78 is 23.1. The Hall–Kier alpha value is -0.130. The Bertz CT molecular complexity index is 333. The van der Waals surface area contributed by atoms with E-state index in [0.29, 0.717) is 18.8 Å². The fourth-order valence-electron chi connectivity index (χ4n) is 2.76. The van der Waals surface area contributed by atoms with Crippen molar-refractivity contribution in [2.24, 2.45) is 0 Å². The second kappa shape index (κ2) is 4.63. The van der Waals surface area contributed by atoms with Gasteiger partial charge in [-0.2, -0.15) is 0 Å². The van der Waals surface area contributed by atoms with Gasteiger partial charge in [0.05, 0.1) is 16.6 Å². The zero-order valence-corrected chi connectivity index (χ0v) is 10.4. The summed E-state index contributed by atoms with van der Waals surface area (Å²) in [7, 11) is -2.85. The van der Waals surface area contributed by atoms with Gasteiger partial charge in [0, 0.05) is 13.1 Å². The highest BCUT2D eigenvalue weighted by atomic mass is 32.2. The van der Waals surface area contributed by atoms with Gasteiger partial charge in [0.25, 0.3) is 0 Å². The van der Waals surface area contributed by atoms with Crippen LogP contribution in [0.4, 0.5) is 0 Å². The lowest BCUT2D eigenvalue weighted by Crippen LogP contribution is -2.41. The summed E-state index contributed by atoms with van der Waals surface area (Å²) in [6.07, 6.45) is 5.42. The van der Waals surface area contributed by atoms with Crippen LogP contribution >= 0.6 is 0 Å². The van der Waals surface area contributed by atoms with Crippen LogP contribution in [0.1, 0.15) is 38.5 Å². The van der Waals surface area contributed by atoms with Crippen LogP contribution in [0.5, 0.6) is 0 Å². The minimum Gasteiger partial charge on any atom is -0.389 e. The minimum atomic E-state index is -2.85. The largest absolute Gasteiger partial charge is 0.389 e. The SMILES string of the molecule is O=S1(=O)CCCC1CNCC1(O)CCCC1. The van der Waals surface area contributed by atoms with Crippen molar-refractivity contribution in [3.8, 4) is 0 Å². The molecular formula is C11H21NO3S. The number of hydrogen-bond acceptors (Lipinski definition) is 4. The molecule has 4 nitrogen and oxygen atoms in total. The number of rotatable bonds is 4. The third-order valence-corrected chi connectivity index (χ3v) is 6.10. The predicted molar refractivity (Wildman–Crippen MR) is 63.1 cm³/mol. The van der Waals surface area contributed by atoms with Gasteiger partial charge in [-0.05, 0) is 25.7 Å². The van der Waals surface area contributed by atoms with E-state index in [1.807, 2.05) is 0 Å². The molecule has 1 aliphatic heterocycles. The molecule has 1 saturated heterocycles. The van der Waals surface area contributed by atoms with Gasteiger partial charge in [0.2, 0.25) is 0 Å². The highest BCUT2D eigenvalue weighted by Gasteiger charge is 2.33. The van der Waals surface area contributed by atoms with Crippen LogP contribution in [0.15, 0.2) is 0 Å². The molecule has 0 aromatic carbocycles. The van der Waals surface area contributed by atoms with Crippen molar-refractivity contribution in [3.05, 3.63) is 0 Å². The Morgan fingerprint density at radius 1 is 1.25 bits per heavy atom. The average Bonchev–Trinajstić information content (AvgIpc) is 2.75. The second-order valence-corrected chi connectivity index (χ2v) is 7.59. The first-order valence-electron chi connectivity index (χ1n) is 6.17. The molecule has 1 saturated carbocycles. The van der Waals surface area contributed by atoms with E-state index in [2.05, 4.69) is 5.32 Å². The molecule has 1 aliphatic carbocycles. The van der Waals surface area contributed by atoms with Crippen LogP contribution in [-0.2, 0) is 9.84 Å². The smallest absolute Gasteiger partial charge is 0.154 e. The number of sulfone groups is 1. The normalized spacial score (nSPS) is 31.9. The second-order valence-electron chi connectivity index (χ2n) is 5.19. The van der Waals surface area contributed by atoms with Gasteiger partial charge in [0.15, 0.2) is 9.84 Å². The van der Waals surface area contributed by atoms with Crippen molar-refractivity contribution in [2.45, 2.75) is 49.4 Å². The summed E-state index contributed by atoms with van der Waals surface area (Å²) >= 11 is 0. The van der Waals surface area contributed by atoms with Gasteiger partial charge in [0.1, 0.15) is 0 Å². The van der Waals surface area contributed by atoms with Crippen molar-refractivity contribution in [1.29, 1.82) is 0 Å². The van der Waals surface area contributed by atoms with Crippen molar-refractivity contribution >= 4 is 9.84 Å². The molecule has 0 bridgehead atoms. The van der Waals surface area contributed by atoms with Crippen LogP contribution < -0.4 is 5.32 Å². The molecule has 0 aromatic heterocycles. The predicted octanol–water partition coefficient (Wildman–Crippen LogP) is 0.458. The Kier molecular flexibility index (Phi) is 3.56. The van der Waals surface area contributed by atoms with E-state index in [4.69, 9.17) is 0 Å². The Labute approximate surface area is 97.3 Å². The maximum atomic E-state index is 11.6. The van der Waals surface area contributed by atoms with E-state index in [-0.39, 0.29) is 5.25 Å². The Balaban J connectivity index is 1.76. The molecule has 2 fully saturated rings. The van der Waals surface area contributed by atoms with Gasteiger partial charge in [-0.1, -0.05) is 12.8 Å². The van der Waals surface area contributed by atoms with Crippen molar-refractivity contribution in [1.82, 2.24) is 5.32 Å². The van der Waals surface area contributed by atoms with Crippen LogP contribution in [0, 0.1) is 0 Å². The maximum Gasteiger partial charge on any atom is 0.154 e. The summed E-state index contributed by atoms with van der Waals surface area (Å²) in [6.45, 7) is 1.05. The van der Waals surface area contributed by atoms with Gasteiger partial charge < -0.3 is 10.4 Å². The maximum absolute atomic E-state index is 11.6. The van der Waals surface area contributed by atoms with Crippen molar-refractivity contribution in [3.63, 3.8) is 0 Å². The summed E-state index contributed by atoms with van der Waals surface area (Å²) in [5.74, 6) is 0.337. The van der Waals surface area contributed by atoms with Gasteiger partial charge in [-0.25, -0.2) is 8.42 Å². The minimum absolute atomic E-state index is 0.225.